The first-order valence-electron chi connectivity index (χ1n) is 16.6. The molecular weight excluding hydrogens is 641 g/mol. The van der Waals surface area contributed by atoms with Gasteiger partial charge in [-0.1, -0.05) is 6.07 Å². The normalized spacial score (nSPS) is 16.9. The Morgan fingerprint density at radius 2 is 1.53 bits per heavy atom. The first-order valence-corrected chi connectivity index (χ1v) is 18.0. The van der Waals surface area contributed by atoms with Gasteiger partial charge in [-0.25, -0.2) is 13.4 Å². The number of likely N-dealkylation sites (tertiary alicyclic amines) is 2. The predicted molar refractivity (Wildman–Crippen MR) is 186 cm³/mol. The van der Waals surface area contributed by atoms with Gasteiger partial charge in [0.25, 0.3) is 11.8 Å². The average Bonchev–Trinajstić information content (AvgIpc) is 3.55. The van der Waals surface area contributed by atoms with Crippen molar-refractivity contribution in [1.82, 2.24) is 24.1 Å². The number of hydrogen-bond acceptors (Lipinski definition) is 7. The van der Waals surface area contributed by atoms with Crippen molar-refractivity contribution in [1.29, 1.82) is 5.26 Å². The van der Waals surface area contributed by atoms with Gasteiger partial charge < -0.3 is 19.5 Å². The van der Waals surface area contributed by atoms with Gasteiger partial charge in [0.2, 0.25) is 10.0 Å². The predicted octanol–water partition coefficient (Wildman–Crippen LogP) is 5.60. The summed E-state index contributed by atoms with van der Waals surface area (Å²) in [7, 11) is -0.791. The van der Waals surface area contributed by atoms with Crippen molar-refractivity contribution in [3.8, 4) is 11.8 Å². The molecule has 2 saturated heterocycles. The number of carbonyl (C=O) groups is 2. The van der Waals surface area contributed by atoms with Gasteiger partial charge in [0.15, 0.2) is 0 Å². The highest BCUT2D eigenvalue weighted by atomic mass is 32.2. The van der Waals surface area contributed by atoms with E-state index in [0.29, 0.717) is 76.6 Å². The van der Waals surface area contributed by atoms with Crippen molar-refractivity contribution < 1.29 is 22.7 Å². The zero-order chi connectivity index (χ0) is 35.1. The number of nitrogens with zero attached hydrogens (tertiary/aromatic N) is 5. The number of benzene rings is 3. The van der Waals surface area contributed by atoms with Crippen LogP contribution >= 0.6 is 0 Å². The van der Waals surface area contributed by atoms with Crippen LogP contribution in [0, 0.1) is 30.6 Å². The summed E-state index contributed by atoms with van der Waals surface area (Å²) in [5.41, 5.74) is 4.08. The lowest BCUT2D eigenvalue weighted by molar-refractivity contribution is 0.0281. The summed E-state index contributed by atoms with van der Waals surface area (Å²) in [5.74, 6) is 0.943. The highest BCUT2D eigenvalue weighted by Gasteiger charge is 2.40. The topological polar surface area (TPSA) is 140 Å². The van der Waals surface area contributed by atoms with Gasteiger partial charge in [-0.2, -0.15) is 9.57 Å². The Morgan fingerprint density at radius 1 is 0.959 bits per heavy atom. The van der Waals surface area contributed by atoms with E-state index in [-0.39, 0.29) is 22.1 Å². The smallest absolute Gasteiger partial charge is 0.256 e. The van der Waals surface area contributed by atoms with E-state index < -0.39 is 16.1 Å². The van der Waals surface area contributed by atoms with E-state index in [1.54, 1.807) is 77.4 Å². The Bertz CT molecular complexity index is 2030. The van der Waals surface area contributed by atoms with Crippen molar-refractivity contribution in [2.75, 3.05) is 40.3 Å². The van der Waals surface area contributed by atoms with E-state index in [1.165, 1.54) is 4.31 Å². The number of fused-ring (bicyclic) bond motifs is 1. The number of aromatic nitrogens is 2. The number of nitriles is 1. The summed E-state index contributed by atoms with van der Waals surface area (Å²) < 4.78 is 34.2. The third kappa shape index (κ3) is 6.40. The quantitative estimate of drug-likeness (QED) is 0.268. The van der Waals surface area contributed by atoms with Crippen LogP contribution in [0.3, 0.4) is 0 Å². The number of aryl methyl sites for hydroxylation is 2. The molecule has 11 nitrogen and oxygen atoms in total. The molecule has 1 atom stereocenters. The number of methoxy groups -OCH3 is 1. The molecule has 2 amide bonds. The fraction of sp³-hybridized carbons (Fsp3) is 0.405. The van der Waals surface area contributed by atoms with E-state index in [4.69, 9.17) is 15.0 Å². The number of aromatic amines is 1. The second-order valence-electron chi connectivity index (χ2n) is 13.4. The van der Waals surface area contributed by atoms with Crippen molar-refractivity contribution in [3.05, 3.63) is 88.2 Å². The molecule has 6 rings (SSSR count). The minimum absolute atomic E-state index is 0.0116. The minimum atomic E-state index is -3.88. The fourth-order valence-corrected chi connectivity index (χ4v) is 9.03. The molecule has 0 bridgehead atoms. The van der Waals surface area contributed by atoms with Crippen LogP contribution in [-0.4, -0.2) is 84.6 Å². The van der Waals surface area contributed by atoms with Crippen LogP contribution in [-0.2, 0) is 10.0 Å². The second kappa shape index (κ2) is 13.3. The Labute approximate surface area is 287 Å². The number of H-pyrrole nitrogens is 1. The summed E-state index contributed by atoms with van der Waals surface area (Å²) in [6, 6.07) is 17.1. The van der Waals surface area contributed by atoms with Gasteiger partial charge in [-0.05, 0) is 112 Å². The Kier molecular flexibility index (Phi) is 9.26. The first kappa shape index (κ1) is 34.1. The van der Waals surface area contributed by atoms with Crippen LogP contribution in [0.25, 0.3) is 11.0 Å². The van der Waals surface area contributed by atoms with Crippen molar-refractivity contribution in [3.63, 3.8) is 0 Å². The van der Waals surface area contributed by atoms with Crippen molar-refractivity contribution in [2.45, 2.75) is 57.4 Å². The largest absolute Gasteiger partial charge is 0.497 e. The van der Waals surface area contributed by atoms with E-state index in [2.05, 4.69) is 11.1 Å². The number of sulfonamides is 1. The van der Waals surface area contributed by atoms with Crippen LogP contribution in [0.5, 0.6) is 5.75 Å². The lowest BCUT2D eigenvalue weighted by atomic mass is 9.71. The van der Waals surface area contributed by atoms with Crippen LogP contribution in [0.4, 0.5) is 0 Å². The Morgan fingerprint density at radius 3 is 2.08 bits per heavy atom. The SMILES string of the molecule is COc1cc(C)c(S(=O)(=O)N(C)C(C)c2nc3c(C(=O)N4CCC5(CCN(C(=O)c6ccc(C#N)cc6)CC5)CC4)cccc3[nH]2)c(C)c1. The maximum atomic E-state index is 13.9. The molecule has 0 saturated carbocycles. The third-order valence-electron chi connectivity index (χ3n) is 10.5. The van der Waals surface area contributed by atoms with Crippen molar-refractivity contribution >= 4 is 32.9 Å². The zero-order valence-electron chi connectivity index (χ0n) is 28.6. The van der Waals surface area contributed by atoms with E-state index in [1.807, 2.05) is 21.9 Å². The van der Waals surface area contributed by atoms with Gasteiger partial charge in [-0.15, -0.1) is 0 Å². The molecule has 4 aromatic rings. The molecule has 12 heteroatoms. The summed E-state index contributed by atoms with van der Waals surface area (Å²) in [6.07, 6.45) is 3.51. The second-order valence-corrected chi connectivity index (χ2v) is 15.3. The molecule has 1 aromatic heterocycles. The third-order valence-corrected chi connectivity index (χ3v) is 12.7. The number of hydrogen-bond donors (Lipinski definition) is 1. The standard InChI is InChI=1S/C37H42N6O5S/c1-24-21-29(48-5)22-25(2)33(24)49(46,47)41(4)26(3)34-39-31-8-6-7-30(32(31)40-34)36(45)43-19-15-37(16-20-43)13-17-42(18-14-37)35(44)28-11-9-27(23-38)10-12-28/h6-12,21-22,26H,13-20H2,1-5H3,(H,39,40). The van der Waals surface area contributed by atoms with Crippen LogP contribution in [0.2, 0.25) is 0 Å². The van der Waals surface area contributed by atoms with Crippen molar-refractivity contribution in [2.24, 2.45) is 5.41 Å². The molecule has 0 aliphatic carbocycles. The molecule has 3 heterocycles. The number of para-hydroxylation sites is 1. The number of ether oxygens (including phenoxy) is 1. The average molecular weight is 683 g/mol. The number of nitrogens with one attached hydrogen (secondary N) is 1. The fourth-order valence-electron chi connectivity index (χ4n) is 7.29. The van der Waals surface area contributed by atoms with E-state index >= 15 is 0 Å². The number of piperidine rings is 2. The van der Waals surface area contributed by atoms with Crippen LogP contribution < -0.4 is 4.74 Å². The Balaban J connectivity index is 1.12. The molecule has 49 heavy (non-hydrogen) atoms. The van der Waals surface area contributed by atoms with Crippen LogP contribution in [0.1, 0.15) is 81.9 Å². The molecule has 256 valence electrons. The monoisotopic (exact) mass is 682 g/mol. The van der Waals surface area contributed by atoms with Gasteiger partial charge in [0.05, 0.1) is 40.8 Å². The highest BCUT2D eigenvalue weighted by Crippen LogP contribution is 2.42. The first-order chi connectivity index (χ1) is 23.4. The molecular formula is C37H42N6O5S. The molecule has 1 N–H and O–H groups in total. The number of imidazole rings is 1. The minimum Gasteiger partial charge on any atom is -0.497 e. The van der Waals surface area contributed by atoms with Crippen LogP contribution in [0.15, 0.2) is 59.5 Å². The lowest BCUT2D eigenvalue weighted by Gasteiger charge is -2.46. The maximum Gasteiger partial charge on any atom is 0.256 e. The summed E-state index contributed by atoms with van der Waals surface area (Å²) in [5, 5.41) is 9.05. The lowest BCUT2D eigenvalue weighted by Crippen LogP contribution is -2.49. The Hall–Kier alpha value is -4.73. The molecule has 1 unspecified atom stereocenters. The van der Waals surface area contributed by atoms with E-state index in [0.717, 1.165) is 25.7 Å². The molecule has 2 fully saturated rings. The number of carbonyl (C=O) groups excluding carboxylic acids is 2. The van der Waals surface area contributed by atoms with Gasteiger partial charge in [0.1, 0.15) is 17.1 Å². The molecule has 0 radical (unpaired) electrons. The molecule has 2 aliphatic heterocycles. The molecule has 1 spiro atoms. The van der Waals surface area contributed by atoms with Gasteiger partial charge >= 0.3 is 0 Å². The summed E-state index contributed by atoms with van der Waals surface area (Å²) >= 11 is 0. The zero-order valence-corrected chi connectivity index (χ0v) is 29.4. The van der Waals surface area contributed by atoms with Gasteiger partial charge in [0, 0.05) is 38.8 Å². The highest BCUT2D eigenvalue weighted by molar-refractivity contribution is 7.89. The van der Waals surface area contributed by atoms with Gasteiger partial charge in [-0.3, -0.25) is 9.59 Å². The molecule has 3 aromatic carbocycles. The summed E-state index contributed by atoms with van der Waals surface area (Å²) in [4.78, 5) is 39.0. The maximum absolute atomic E-state index is 13.9. The number of rotatable bonds is 7. The molecule has 2 aliphatic rings. The van der Waals surface area contributed by atoms with E-state index in [9.17, 15) is 18.0 Å². The summed E-state index contributed by atoms with van der Waals surface area (Å²) in [6.45, 7) is 7.86. The number of amides is 2.